The van der Waals surface area contributed by atoms with Crippen LogP contribution in [0, 0.1) is 0 Å². The Kier molecular flexibility index (Phi) is 40.8. The first-order valence-electron chi connectivity index (χ1n) is 26.4. The molecule has 0 bridgehead atoms. The number of piperazine rings is 3. The van der Waals surface area contributed by atoms with Gasteiger partial charge >= 0.3 is 23.1 Å². The first kappa shape index (κ1) is 81.2. The van der Waals surface area contributed by atoms with Gasteiger partial charge in [-0.25, -0.2) is 9.78 Å². The maximum absolute atomic E-state index is 6.32. The minimum atomic E-state index is -1.65. The molecule has 0 aromatic heterocycles. The summed E-state index contributed by atoms with van der Waals surface area (Å²) in [6.45, 7) is 39.2. The molecule has 79 heavy (non-hydrogen) atoms. The van der Waals surface area contributed by atoms with Crippen LogP contribution in [-0.2, 0) is 28.2 Å². The summed E-state index contributed by atoms with van der Waals surface area (Å²) in [6, 6.07) is 17.3. The van der Waals surface area contributed by atoms with E-state index in [1.54, 1.807) is 0 Å². The van der Waals surface area contributed by atoms with Crippen molar-refractivity contribution in [3.05, 3.63) is 90.0 Å². The zero-order valence-corrected chi connectivity index (χ0v) is 56.8. The molecule has 452 valence electrons. The molecular weight excluding hydrogens is 1240 g/mol. The molecule has 1 N–H and O–H groups in total. The fourth-order valence-corrected chi connectivity index (χ4v) is 11.0. The van der Waals surface area contributed by atoms with E-state index in [0.29, 0.717) is 43.3 Å². The molecule has 4 aliphatic heterocycles. The predicted octanol–water partition coefficient (Wildman–Crippen LogP) is 13.8. The molecule has 7 rings (SSSR count). The van der Waals surface area contributed by atoms with Crippen molar-refractivity contribution >= 4 is 126 Å². The molecular formula is C57H99BrCl6MgN6O6Si2. The summed E-state index contributed by atoms with van der Waals surface area (Å²) in [7, 11) is -3.28. The van der Waals surface area contributed by atoms with Crippen LogP contribution in [0.5, 0.6) is 0 Å². The maximum atomic E-state index is 6.32. The number of halogens is 7. The summed E-state index contributed by atoms with van der Waals surface area (Å²) in [5, 5.41) is 13.9. The maximum Gasteiger partial charge on any atom is 2.00 e. The van der Waals surface area contributed by atoms with Crippen LogP contribution in [0.3, 0.4) is 0 Å². The molecule has 12 nitrogen and oxygen atoms in total. The van der Waals surface area contributed by atoms with Gasteiger partial charge in [0.1, 0.15) is 0 Å². The second-order valence-electron chi connectivity index (χ2n) is 22.1. The van der Waals surface area contributed by atoms with E-state index in [0.717, 1.165) is 148 Å². The van der Waals surface area contributed by atoms with Gasteiger partial charge in [0.25, 0.3) is 0 Å². The van der Waals surface area contributed by atoms with Crippen LogP contribution >= 0.6 is 69.6 Å². The number of rotatable bonds is 16. The van der Waals surface area contributed by atoms with Gasteiger partial charge in [0.15, 0.2) is 22.4 Å². The monoisotopic (exact) mass is 1330 g/mol. The van der Waals surface area contributed by atoms with Gasteiger partial charge in [0.05, 0.1) is 67.0 Å². The molecule has 3 aromatic rings. The van der Waals surface area contributed by atoms with Crippen LogP contribution in [0.15, 0.2) is 54.6 Å². The van der Waals surface area contributed by atoms with Crippen molar-refractivity contribution in [1.82, 2.24) is 10.4 Å². The molecule has 0 amide bonds. The van der Waals surface area contributed by atoms with Crippen LogP contribution in [-0.4, -0.2) is 162 Å². The Hall–Kier alpha value is 0.120. The SMILES string of the molecule is C.C.C.CC(C)(C)[Si](C)(C)OCCCON1CCN(c2cccc(Cl)c2Cl)CC1.CC1(OOCCCO[Si](C)(C)C(C)(C)C)CCCCO1.Clc1cccc(N2CCNCC2)c1Cl.Clc1cccc(N2CC[N-]CC2)c1Cl.[Br-].[Mg+2]. The third-order valence-corrected chi connectivity index (χ3v) is 25.9. The van der Waals surface area contributed by atoms with E-state index >= 15 is 0 Å². The molecule has 4 aliphatic rings. The topological polar surface area (TPSA) is 94.5 Å². The summed E-state index contributed by atoms with van der Waals surface area (Å²) >= 11 is 36.6. The molecule has 4 heterocycles. The third kappa shape index (κ3) is 27.6. The third-order valence-electron chi connectivity index (χ3n) is 14.4. The Morgan fingerprint density at radius 1 is 0.582 bits per heavy atom. The molecule has 0 saturated carbocycles. The Morgan fingerprint density at radius 3 is 1.39 bits per heavy atom. The second-order valence-corrected chi connectivity index (χ2v) is 34.1. The predicted molar refractivity (Wildman–Crippen MR) is 346 cm³/mol. The Bertz CT molecular complexity index is 2050. The number of ether oxygens (including phenoxy) is 1. The number of nitrogens with zero attached hydrogens (tertiary/aromatic N) is 5. The Labute approximate surface area is 538 Å². The van der Waals surface area contributed by atoms with E-state index in [1.807, 2.05) is 66.6 Å². The molecule has 1 unspecified atom stereocenters. The number of hydroxylamine groups is 2. The average Bonchev–Trinajstić information content (AvgIpc) is 3.36. The van der Waals surface area contributed by atoms with Crippen molar-refractivity contribution in [1.29, 1.82) is 0 Å². The number of hydrogen-bond donors (Lipinski definition) is 1. The zero-order chi connectivity index (χ0) is 54.6. The van der Waals surface area contributed by atoms with E-state index in [9.17, 15) is 0 Å². The number of nitrogens with one attached hydrogen (secondary N) is 1. The van der Waals surface area contributed by atoms with Gasteiger partial charge in [-0.05, 0) is 118 Å². The van der Waals surface area contributed by atoms with Crippen molar-refractivity contribution in [3.8, 4) is 0 Å². The molecule has 4 fully saturated rings. The Morgan fingerprint density at radius 2 is 0.987 bits per heavy atom. The molecule has 0 aliphatic carbocycles. The smallest absolute Gasteiger partial charge is 1.00 e. The minimum absolute atomic E-state index is 0. The van der Waals surface area contributed by atoms with Crippen LogP contribution < -0.4 is 37.0 Å². The molecule has 0 spiro atoms. The summed E-state index contributed by atoms with van der Waals surface area (Å²) in [6.07, 6.45) is 4.91. The minimum Gasteiger partial charge on any atom is -1.00 e. The average molecular weight is 1340 g/mol. The van der Waals surface area contributed by atoms with E-state index in [1.165, 1.54) is 0 Å². The van der Waals surface area contributed by atoms with Gasteiger partial charge in [-0.2, -0.15) is 5.06 Å². The first-order valence-corrected chi connectivity index (χ1v) is 34.5. The van der Waals surface area contributed by atoms with Crippen molar-refractivity contribution in [2.75, 3.05) is 126 Å². The standard InChI is InChI=1S/C19H32Cl2N2O2Si.C15H32O4Si.C10H12Cl2N2.C10H11Cl2N2.3CH4.BrH.Mg/c1-19(2,3)26(4,5)25-15-7-14-24-23-12-10-22(11-13-23)17-9-6-8-16(20)18(17)21;1-14(2,3)20(5,6)18-13-9-12-17-19-15(4)10-7-8-11-16-15;2*11-8-2-1-3-9(10(8)12)14-6-4-13-5-7-14;;;;;/h6,8-9H,7,10-15H2,1-5H3;7-13H2,1-6H3;1-3,13H,4-7H2;1-3H,4-7H2;3*1H4;1H;/q;;;-1;;;;;+2/p-1. The van der Waals surface area contributed by atoms with Gasteiger partial charge in [0, 0.05) is 72.0 Å². The largest absolute Gasteiger partial charge is 2.00 e. The second kappa shape index (κ2) is 39.7. The zero-order valence-electron chi connectivity index (χ0n) is 47.3. The fourth-order valence-electron chi connectivity index (χ4n) is 7.62. The van der Waals surface area contributed by atoms with Gasteiger partial charge in [-0.15, -0.1) is 13.1 Å². The molecule has 1 atom stereocenters. The van der Waals surface area contributed by atoms with E-state index < -0.39 is 22.4 Å². The van der Waals surface area contributed by atoms with Crippen molar-refractivity contribution in [2.24, 2.45) is 0 Å². The molecule has 0 radical (unpaired) electrons. The van der Waals surface area contributed by atoms with Crippen LogP contribution in [0.1, 0.15) is 103 Å². The first-order chi connectivity index (χ1) is 34.9. The van der Waals surface area contributed by atoms with Crippen molar-refractivity contribution in [3.63, 3.8) is 0 Å². The van der Waals surface area contributed by atoms with Gasteiger partial charge in [0.2, 0.25) is 0 Å². The summed E-state index contributed by atoms with van der Waals surface area (Å²) in [5.74, 6) is -0.557. The van der Waals surface area contributed by atoms with E-state index in [-0.39, 0.29) is 72.4 Å². The van der Waals surface area contributed by atoms with E-state index in [2.05, 4.69) is 93.1 Å². The molecule has 22 heteroatoms. The van der Waals surface area contributed by atoms with Crippen molar-refractivity contribution in [2.45, 2.75) is 145 Å². The van der Waals surface area contributed by atoms with Gasteiger partial charge in [-0.1, -0.05) is 152 Å². The summed E-state index contributed by atoms with van der Waals surface area (Å²) in [4.78, 5) is 23.3. The molecule has 3 aromatic carbocycles. The summed E-state index contributed by atoms with van der Waals surface area (Å²) in [5.41, 5.74) is 3.07. The fraction of sp³-hybridized carbons (Fsp3) is 0.684. The quantitative estimate of drug-likeness (QED) is 0.0643. The Balaban J connectivity index is 0. The number of benzene rings is 3. The van der Waals surface area contributed by atoms with Crippen LogP contribution in [0.25, 0.3) is 5.32 Å². The number of hydrogen-bond acceptors (Lipinski definition) is 11. The normalized spacial score (nSPS) is 18.0. The van der Waals surface area contributed by atoms with Gasteiger partial charge in [-0.3, -0.25) is 4.84 Å². The van der Waals surface area contributed by atoms with Gasteiger partial charge < -0.3 is 55.9 Å². The van der Waals surface area contributed by atoms with Crippen LogP contribution in [0.2, 0.25) is 66.4 Å². The summed E-state index contributed by atoms with van der Waals surface area (Å²) < 4.78 is 17.9. The van der Waals surface area contributed by atoms with Crippen LogP contribution in [0.4, 0.5) is 17.1 Å². The van der Waals surface area contributed by atoms with E-state index in [4.69, 9.17) is 97.8 Å². The molecule has 4 saturated heterocycles. The number of anilines is 3. The van der Waals surface area contributed by atoms with Crippen molar-refractivity contribution < 1.29 is 45.2 Å².